The van der Waals surface area contributed by atoms with Crippen LogP contribution in [0.3, 0.4) is 0 Å². The summed E-state index contributed by atoms with van der Waals surface area (Å²) in [6.07, 6.45) is 0. The summed E-state index contributed by atoms with van der Waals surface area (Å²) in [7, 11) is 0. The van der Waals surface area contributed by atoms with Crippen LogP contribution in [-0.2, 0) is 5.41 Å². The van der Waals surface area contributed by atoms with Crippen LogP contribution in [0.1, 0.15) is 22.3 Å². The smallest absolute Gasteiger partial charge is 0.135 e. The average Bonchev–Trinajstić information content (AvgIpc) is 3.98. The molecule has 0 amide bonds. The Labute approximate surface area is 364 Å². The molecule has 14 rings (SSSR count). The molecule has 2 nitrogen and oxygen atoms in total. The summed E-state index contributed by atoms with van der Waals surface area (Å²) in [5, 5.41) is 9.82. The molecule has 292 valence electrons. The fourth-order valence-electron chi connectivity index (χ4n) is 11.4. The Bertz CT molecular complexity index is 3810. The van der Waals surface area contributed by atoms with Gasteiger partial charge in [0.15, 0.2) is 0 Å². The minimum atomic E-state index is -0.402. The third kappa shape index (κ3) is 4.72. The first-order valence-corrected chi connectivity index (χ1v) is 21.8. The van der Waals surface area contributed by atoms with Crippen molar-refractivity contribution in [1.29, 1.82) is 0 Å². The summed E-state index contributed by atoms with van der Waals surface area (Å²) in [6, 6.07) is 83.0. The first-order valence-electron chi connectivity index (χ1n) is 21.8. The maximum absolute atomic E-state index is 6.24. The number of anilines is 3. The van der Waals surface area contributed by atoms with Gasteiger partial charge in [0.2, 0.25) is 0 Å². The number of rotatable bonds is 4. The van der Waals surface area contributed by atoms with Crippen LogP contribution in [-0.4, -0.2) is 0 Å². The molecule has 1 aromatic heterocycles. The van der Waals surface area contributed by atoms with Gasteiger partial charge in [0.25, 0.3) is 0 Å². The lowest BCUT2D eigenvalue weighted by Crippen LogP contribution is -2.25. The van der Waals surface area contributed by atoms with Gasteiger partial charge in [-0.15, -0.1) is 0 Å². The number of hydrogen-bond donors (Lipinski definition) is 0. The molecule has 2 aliphatic rings. The molecule has 63 heavy (non-hydrogen) atoms. The highest BCUT2D eigenvalue weighted by Gasteiger charge is 2.51. The number of para-hydroxylation sites is 1. The molecule has 0 N–H and O–H groups in total. The van der Waals surface area contributed by atoms with E-state index in [0.29, 0.717) is 0 Å². The van der Waals surface area contributed by atoms with Crippen LogP contribution in [0.2, 0.25) is 0 Å². The topological polar surface area (TPSA) is 16.4 Å². The Hall–Kier alpha value is -8.20. The van der Waals surface area contributed by atoms with Crippen LogP contribution in [0.5, 0.6) is 0 Å². The van der Waals surface area contributed by atoms with E-state index in [1.54, 1.807) is 0 Å². The van der Waals surface area contributed by atoms with Gasteiger partial charge in [-0.1, -0.05) is 170 Å². The van der Waals surface area contributed by atoms with Crippen LogP contribution in [0, 0.1) is 0 Å². The highest BCUT2D eigenvalue weighted by molar-refractivity contribution is 6.26. The molecule has 2 heteroatoms. The Morgan fingerprint density at radius 1 is 0.270 bits per heavy atom. The first kappa shape index (κ1) is 34.5. The molecule has 0 atom stereocenters. The number of benzene rings is 11. The largest absolute Gasteiger partial charge is 0.456 e. The van der Waals surface area contributed by atoms with Crippen molar-refractivity contribution in [2.24, 2.45) is 0 Å². The second-order valence-corrected chi connectivity index (χ2v) is 17.1. The second kappa shape index (κ2) is 12.9. The molecule has 0 saturated carbocycles. The molecule has 0 radical (unpaired) electrons. The van der Waals surface area contributed by atoms with E-state index in [-0.39, 0.29) is 0 Å². The normalized spacial score (nSPS) is 13.2. The SMILES string of the molecule is c1cc(-c2ccc3oc4ccccc4c3c2)cc(N(c2ccc3c(c2)-c2ccccc2C32c3ccccc3-c3ccccc32)c2ccc3c4ccccc4c4ccccc4c3c2)c1. The van der Waals surface area contributed by atoms with Crippen molar-refractivity contribution < 1.29 is 4.42 Å². The molecule has 11 aromatic carbocycles. The van der Waals surface area contributed by atoms with Crippen molar-refractivity contribution in [1.82, 2.24) is 0 Å². The zero-order valence-electron chi connectivity index (χ0n) is 34.2. The second-order valence-electron chi connectivity index (χ2n) is 17.1. The van der Waals surface area contributed by atoms with E-state index in [4.69, 9.17) is 4.42 Å². The third-order valence-electron chi connectivity index (χ3n) is 14.0. The average molecular weight is 800 g/mol. The number of fused-ring (bicyclic) bond motifs is 19. The minimum Gasteiger partial charge on any atom is -0.456 e. The van der Waals surface area contributed by atoms with Crippen molar-refractivity contribution in [3.8, 4) is 33.4 Å². The van der Waals surface area contributed by atoms with Gasteiger partial charge >= 0.3 is 0 Å². The summed E-state index contributed by atoms with van der Waals surface area (Å²) in [5.74, 6) is 0. The van der Waals surface area contributed by atoms with E-state index in [1.807, 2.05) is 12.1 Å². The highest BCUT2D eigenvalue weighted by atomic mass is 16.3. The lowest BCUT2D eigenvalue weighted by Gasteiger charge is -2.31. The summed E-state index contributed by atoms with van der Waals surface area (Å²) in [5.41, 5.74) is 17.6. The molecule has 0 fully saturated rings. The first-order chi connectivity index (χ1) is 31.2. The van der Waals surface area contributed by atoms with Gasteiger partial charge in [0.05, 0.1) is 5.41 Å². The van der Waals surface area contributed by atoms with Gasteiger partial charge < -0.3 is 9.32 Å². The number of nitrogens with zero attached hydrogens (tertiary/aromatic N) is 1. The van der Waals surface area contributed by atoms with E-state index < -0.39 is 5.41 Å². The van der Waals surface area contributed by atoms with Crippen molar-refractivity contribution in [2.75, 3.05) is 4.90 Å². The van der Waals surface area contributed by atoms with Crippen LogP contribution in [0.25, 0.3) is 87.6 Å². The lowest BCUT2D eigenvalue weighted by atomic mass is 9.70. The molecule has 1 heterocycles. The molecule has 1 spiro atoms. The lowest BCUT2D eigenvalue weighted by molar-refractivity contribution is 0.669. The molecule has 2 aliphatic carbocycles. The molecular weight excluding hydrogens is 763 g/mol. The van der Waals surface area contributed by atoms with Crippen LogP contribution >= 0.6 is 0 Å². The summed E-state index contributed by atoms with van der Waals surface area (Å²) in [6.45, 7) is 0. The van der Waals surface area contributed by atoms with Gasteiger partial charge in [0.1, 0.15) is 11.2 Å². The Morgan fingerprint density at radius 2 is 0.746 bits per heavy atom. The zero-order chi connectivity index (χ0) is 41.2. The standard InChI is InChI=1S/C61H37NO/c1-2-18-45-43(16-1)44-17-3-4-19-46(44)52-36-41(29-31-47(45)52)62(40-15-13-14-38(34-40)39-28-33-60-54(35-39)51-23-8-12-27-59(51)63-60)42-30-32-58-53(37-42)50-22-7-11-26-57(50)61(58)55-24-9-5-20-48(55)49-21-6-10-25-56(49)61/h1-37H. The van der Waals surface area contributed by atoms with Gasteiger partial charge in [-0.25, -0.2) is 0 Å². The highest BCUT2D eigenvalue weighted by Crippen LogP contribution is 2.63. The van der Waals surface area contributed by atoms with E-state index in [2.05, 4.69) is 217 Å². The van der Waals surface area contributed by atoms with Crippen molar-refractivity contribution in [3.63, 3.8) is 0 Å². The fraction of sp³-hybridized carbons (Fsp3) is 0.0164. The minimum absolute atomic E-state index is 0.402. The summed E-state index contributed by atoms with van der Waals surface area (Å²) in [4.78, 5) is 2.46. The van der Waals surface area contributed by atoms with E-state index in [0.717, 1.165) is 50.1 Å². The van der Waals surface area contributed by atoms with Crippen molar-refractivity contribution in [2.45, 2.75) is 5.41 Å². The molecule has 0 unspecified atom stereocenters. The molecule has 0 saturated heterocycles. The maximum Gasteiger partial charge on any atom is 0.135 e. The Balaban J connectivity index is 1.01. The summed E-state index contributed by atoms with van der Waals surface area (Å²) < 4.78 is 6.24. The van der Waals surface area contributed by atoms with Gasteiger partial charge in [-0.3, -0.25) is 0 Å². The molecule has 12 aromatic rings. The number of hydrogen-bond acceptors (Lipinski definition) is 2. The monoisotopic (exact) mass is 799 g/mol. The Kier molecular flexibility index (Phi) is 7.07. The van der Waals surface area contributed by atoms with Crippen molar-refractivity contribution >= 4 is 71.3 Å². The zero-order valence-corrected chi connectivity index (χ0v) is 34.2. The van der Waals surface area contributed by atoms with Gasteiger partial charge in [0, 0.05) is 27.8 Å². The predicted molar refractivity (Wildman–Crippen MR) is 263 cm³/mol. The third-order valence-corrected chi connectivity index (χ3v) is 14.0. The quantitative estimate of drug-likeness (QED) is 0.165. The molecular formula is C61H37NO. The van der Waals surface area contributed by atoms with E-state index >= 15 is 0 Å². The van der Waals surface area contributed by atoms with Crippen LogP contribution < -0.4 is 4.90 Å². The predicted octanol–water partition coefficient (Wildman–Crippen LogP) is 16.5. The van der Waals surface area contributed by atoms with E-state index in [9.17, 15) is 0 Å². The molecule has 0 bridgehead atoms. The van der Waals surface area contributed by atoms with E-state index in [1.165, 1.54) is 76.8 Å². The van der Waals surface area contributed by atoms with Crippen molar-refractivity contribution in [3.05, 3.63) is 247 Å². The number of furan rings is 1. The summed E-state index contributed by atoms with van der Waals surface area (Å²) >= 11 is 0. The van der Waals surface area contributed by atoms with Crippen LogP contribution in [0.15, 0.2) is 229 Å². The molecule has 0 aliphatic heterocycles. The maximum atomic E-state index is 6.24. The van der Waals surface area contributed by atoms with Gasteiger partial charge in [-0.2, -0.15) is 0 Å². The van der Waals surface area contributed by atoms with Gasteiger partial charge in [-0.05, 0) is 143 Å². The Morgan fingerprint density at radius 3 is 1.43 bits per heavy atom. The fourth-order valence-corrected chi connectivity index (χ4v) is 11.4. The van der Waals surface area contributed by atoms with Crippen LogP contribution in [0.4, 0.5) is 17.1 Å².